The Morgan fingerprint density at radius 2 is 1.68 bits per heavy atom. The molecule has 0 saturated heterocycles. The summed E-state index contributed by atoms with van der Waals surface area (Å²) < 4.78 is 5.41. The van der Waals surface area contributed by atoms with Crippen LogP contribution in [-0.2, 0) is 20.6 Å². The third kappa shape index (κ3) is 4.45. The normalized spacial score (nSPS) is 10.7. The maximum absolute atomic E-state index is 4.65. The molecule has 31 heavy (non-hydrogen) atoms. The van der Waals surface area contributed by atoms with Gasteiger partial charge in [0.1, 0.15) is 0 Å². The molecule has 0 spiro atoms. The second-order valence-electron chi connectivity index (χ2n) is 6.91. The molecule has 5 aromatic rings. The molecule has 0 radical (unpaired) electrons. The fourth-order valence-electron chi connectivity index (χ4n) is 3.25. The highest BCUT2D eigenvalue weighted by molar-refractivity contribution is 5.75. The van der Waals surface area contributed by atoms with Gasteiger partial charge in [-0.15, -0.1) is 0 Å². The molecule has 158 valence electrons. The van der Waals surface area contributed by atoms with E-state index in [1.807, 2.05) is 57.3 Å². The first-order valence-electron chi connectivity index (χ1n) is 10.2. The predicted molar refractivity (Wildman–Crippen MR) is 121 cm³/mol. The first-order chi connectivity index (χ1) is 15.1. The summed E-state index contributed by atoms with van der Waals surface area (Å²) in [4.78, 5) is 9.01. The van der Waals surface area contributed by atoms with Gasteiger partial charge in [-0.1, -0.05) is 32.0 Å². The molecular weight excluding hydrogens is 390 g/mol. The van der Waals surface area contributed by atoms with Crippen LogP contribution in [0.1, 0.15) is 19.4 Å². The van der Waals surface area contributed by atoms with E-state index in [9.17, 15) is 0 Å². The van der Waals surface area contributed by atoms with Crippen molar-refractivity contribution in [2.75, 3.05) is 5.32 Å². The van der Waals surface area contributed by atoms with E-state index in [-0.39, 0.29) is 0 Å². The molecule has 9 nitrogen and oxygen atoms in total. The van der Waals surface area contributed by atoms with Crippen molar-refractivity contribution >= 4 is 22.7 Å². The molecule has 0 bridgehead atoms. The lowest BCUT2D eigenvalue weighted by molar-refractivity contribution is 0.704. The monoisotopic (exact) mass is 415 g/mol. The lowest BCUT2D eigenvalue weighted by atomic mass is 10.1. The third-order valence-corrected chi connectivity index (χ3v) is 4.64. The van der Waals surface area contributed by atoms with Crippen molar-refractivity contribution in [3.63, 3.8) is 0 Å². The van der Waals surface area contributed by atoms with E-state index in [0.29, 0.717) is 12.5 Å². The number of anilines is 2. The summed E-state index contributed by atoms with van der Waals surface area (Å²) in [5.41, 5.74) is 4.96. The van der Waals surface area contributed by atoms with Gasteiger partial charge in [-0.05, 0) is 17.2 Å². The zero-order valence-corrected chi connectivity index (χ0v) is 18.1. The molecule has 9 heteroatoms. The van der Waals surface area contributed by atoms with Gasteiger partial charge in [-0.2, -0.15) is 20.3 Å². The maximum atomic E-state index is 4.65. The van der Waals surface area contributed by atoms with Crippen molar-refractivity contribution < 1.29 is 0 Å². The summed E-state index contributed by atoms with van der Waals surface area (Å²) in [5.74, 6) is 0.511. The Morgan fingerprint density at radius 3 is 2.42 bits per heavy atom. The van der Waals surface area contributed by atoms with Gasteiger partial charge in [0.15, 0.2) is 5.65 Å². The molecule has 0 aliphatic rings. The van der Waals surface area contributed by atoms with E-state index in [2.05, 4.69) is 48.8 Å². The Kier molecular flexibility index (Phi) is 5.74. The zero-order valence-electron chi connectivity index (χ0n) is 18.1. The summed E-state index contributed by atoms with van der Waals surface area (Å²) in [7, 11) is 3.78. The van der Waals surface area contributed by atoms with E-state index in [4.69, 9.17) is 0 Å². The number of nitrogens with one attached hydrogen (secondary N) is 1. The summed E-state index contributed by atoms with van der Waals surface area (Å²) in [6, 6.07) is 8.37. The van der Waals surface area contributed by atoms with E-state index in [1.165, 1.54) is 0 Å². The van der Waals surface area contributed by atoms with Crippen molar-refractivity contribution in [1.82, 2.24) is 39.3 Å². The van der Waals surface area contributed by atoms with Gasteiger partial charge in [0.05, 0.1) is 36.2 Å². The molecule has 0 saturated carbocycles. The van der Waals surface area contributed by atoms with Crippen LogP contribution in [0.3, 0.4) is 0 Å². The number of nitrogens with zero attached hydrogens (tertiary/aromatic N) is 8. The third-order valence-electron chi connectivity index (χ3n) is 4.64. The van der Waals surface area contributed by atoms with Gasteiger partial charge in [-0.25, -0.2) is 9.67 Å². The van der Waals surface area contributed by atoms with E-state index in [0.717, 1.165) is 33.4 Å². The largest absolute Gasteiger partial charge is 0.321 e. The summed E-state index contributed by atoms with van der Waals surface area (Å²) in [6.45, 7) is 4.61. The Morgan fingerprint density at radius 1 is 0.871 bits per heavy atom. The predicted octanol–water partition coefficient (Wildman–Crippen LogP) is 3.78. The second kappa shape index (κ2) is 8.78. The SMILES string of the molecule is CC.Cn1cc(Nc2ncc3cnn(Cc4cccc(-c5cnn(C)c5)c4)c3n2)cn1. The smallest absolute Gasteiger partial charge is 0.229 e. The van der Waals surface area contributed by atoms with Crippen LogP contribution in [0.5, 0.6) is 0 Å². The van der Waals surface area contributed by atoms with Gasteiger partial charge in [0, 0.05) is 38.2 Å². The minimum absolute atomic E-state index is 0.511. The number of hydrogen-bond donors (Lipinski definition) is 1. The van der Waals surface area contributed by atoms with Crippen molar-refractivity contribution in [3.8, 4) is 11.1 Å². The highest BCUT2D eigenvalue weighted by atomic mass is 15.3. The van der Waals surface area contributed by atoms with Gasteiger partial charge in [0.25, 0.3) is 0 Å². The van der Waals surface area contributed by atoms with Crippen molar-refractivity contribution in [1.29, 1.82) is 0 Å². The number of fused-ring (bicyclic) bond motifs is 1. The average molecular weight is 416 g/mol. The van der Waals surface area contributed by atoms with Crippen molar-refractivity contribution in [2.24, 2.45) is 14.1 Å². The molecule has 0 aliphatic carbocycles. The van der Waals surface area contributed by atoms with Gasteiger partial charge in [-0.3, -0.25) is 9.36 Å². The molecule has 4 heterocycles. The van der Waals surface area contributed by atoms with Crippen LogP contribution in [0.15, 0.2) is 61.4 Å². The molecule has 0 atom stereocenters. The number of benzene rings is 1. The fraction of sp³-hybridized carbons (Fsp3) is 0.227. The Bertz CT molecular complexity index is 1300. The fourth-order valence-corrected chi connectivity index (χ4v) is 3.25. The average Bonchev–Trinajstić information content (AvgIpc) is 3.51. The number of aromatic nitrogens is 8. The maximum Gasteiger partial charge on any atom is 0.229 e. The quantitative estimate of drug-likeness (QED) is 0.470. The van der Waals surface area contributed by atoms with Gasteiger partial charge < -0.3 is 5.32 Å². The molecule has 0 aliphatic heterocycles. The molecule has 1 N–H and O–H groups in total. The molecule has 1 aromatic carbocycles. The highest BCUT2D eigenvalue weighted by Crippen LogP contribution is 2.21. The van der Waals surface area contributed by atoms with E-state index < -0.39 is 0 Å². The zero-order chi connectivity index (χ0) is 21.8. The van der Waals surface area contributed by atoms with Crippen molar-refractivity contribution in [2.45, 2.75) is 20.4 Å². The first kappa shape index (κ1) is 20.3. The van der Waals surface area contributed by atoms with E-state index >= 15 is 0 Å². The second-order valence-corrected chi connectivity index (χ2v) is 6.91. The van der Waals surface area contributed by atoms with Crippen LogP contribution in [0.25, 0.3) is 22.2 Å². The van der Waals surface area contributed by atoms with Gasteiger partial charge in [0.2, 0.25) is 5.95 Å². The van der Waals surface area contributed by atoms with Crippen LogP contribution < -0.4 is 5.32 Å². The molecule has 0 amide bonds. The lowest BCUT2D eigenvalue weighted by Crippen LogP contribution is -2.04. The summed E-state index contributed by atoms with van der Waals surface area (Å²) in [6.07, 6.45) is 11.0. The van der Waals surface area contributed by atoms with Crippen LogP contribution in [0.2, 0.25) is 0 Å². The van der Waals surface area contributed by atoms with Gasteiger partial charge >= 0.3 is 0 Å². The molecule has 4 aromatic heterocycles. The Hall–Kier alpha value is -4.01. The Balaban J connectivity index is 0.00000112. The van der Waals surface area contributed by atoms with Crippen LogP contribution in [0.4, 0.5) is 11.6 Å². The molecule has 0 unspecified atom stereocenters. The number of aryl methyl sites for hydroxylation is 2. The molecule has 0 fully saturated rings. The number of rotatable bonds is 5. The minimum Gasteiger partial charge on any atom is -0.321 e. The minimum atomic E-state index is 0.511. The molecular formula is C22H25N9. The van der Waals surface area contributed by atoms with Crippen LogP contribution in [0, 0.1) is 0 Å². The number of hydrogen-bond acceptors (Lipinski definition) is 6. The standard InChI is InChI=1S/C20H19N9.C2H6/c1-27-12-17(9-22-27)15-5-3-4-14(6-15)11-29-19-16(8-24-29)7-21-20(26-19)25-18-10-23-28(2)13-18;1-2/h3-10,12-13H,11H2,1-2H3,(H,21,25,26);1-2H3. The lowest BCUT2D eigenvalue weighted by Gasteiger charge is -2.07. The Labute approximate surface area is 180 Å². The summed E-state index contributed by atoms with van der Waals surface area (Å²) >= 11 is 0. The summed E-state index contributed by atoms with van der Waals surface area (Å²) in [5, 5.41) is 17.0. The molecule has 5 rings (SSSR count). The van der Waals surface area contributed by atoms with Crippen LogP contribution >= 0.6 is 0 Å². The van der Waals surface area contributed by atoms with Crippen molar-refractivity contribution in [3.05, 3.63) is 67.0 Å². The highest BCUT2D eigenvalue weighted by Gasteiger charge is 2.09. The van der Waals surface area contributed by atoms with Crippen LogP contribution in [-0.4, -0.2) is 39.3 Å². The van der Waals surface area contributed by atoms with E-state index in [1.54, 1.807) is 28.0 Å². The topological polar surface area (TPSA) is 91.3 Å². The first-order valence-corrected chi connectivity index (χ1v) is 10.2.